The highest BCUT2D eigenvalue weighted by Crippen LogP contribution is 2.30. The largest absolute Gasteiger partial charge is 0.497 e. The maximum Gasteiger partial charge on any atom is 0.180 e. The van der Waals surface area contributed by atoms with Crippen molar-refractivity contribution < 1.29 is 9.84 Å². The van der Waals surface area contributed by atoms with Crippen LogP contribution >= 0.6 is 0 Å². The monoisotopic (exact) mass is 460 g/mol. The topological polar surface area (TPSA) is 77.9 Å². The van der Waals surface area contributed by atoms with E-state index in [0.29, 0.717) is 5.82 Å². The highest BCUT2D eigenvalue weighted by molar-refractivity contribution is 5.58. The third kappa shape index (κ3) is 5.04. The van der Waals surface area contributed by atoms with Crippen molar-refractivity contribution in [1.29, 1.82) is 0 Å². The Hall–Kier alpha value is -3.07. The van der Waals surface area contributed by atoms with Crippen molar-refractivity contribution in [2.24, 2.45) is 0 Å². The predicted molar refractivity (Wildman–Crippen MR) is 132 cm³/mol. The summed E-state index contributed by atoms with van der Waals surface area (Å²) >= 11 is 0. The lowest BCUT2D eigenvalue weighted by Crippen LogP contribution is -2.48. The number of ether oxygens (including phenoxy) is 1. The fourth-order valence-corrected chi connectivity index (χ4v) is 4.77. The molecule has 1 saturated heterocycles. The van der Waals surface area contributed by atoms with Crippen molar-refractivity contribution in [3.8, 4) is 17.3 Å². The van der Waals surface area contributed by atoms with E-state index in [1.54, 1.807) is 13.3 Å². The smallest absolute Gasteiger partial charge is 0.180 e. The molecule has 2 aliphatic rings. The number of nitrogens with zero attached hydrogens (tertiary/aromatic N) is 6. The maximum atomic E-state index is 9.31. The van der Waals surface area contributed by atoms with Gasteiger partial charge in [-0.15, -0.1) is 0 Å². The zero-order chi connectivity index (χ0) is 23.3. The highest BCUT2D eigenvalue weighted by atomic mass is 16.5. The van der Waals surface area contributed by atoms with Gasteiger partial charge in [0.05, 0.1) is 19.4 Å². The number of piperazine rings is 1. The summed E-state index contributed by atoms with van der Waals surface area (Å²) in [6, 6.07) is 14.2. The van der Waals surface area contributed by atoms with Crippen molar-refractivity contribution in [2.45, 2.75) is 19.5 Å². The molecule has 8 nitrogen and oxygen atoms in total. The number of hydrogen-bond donors (Lipinski definition) is 1. The minimum atomic E-state index is 0.201. The molecule has 0 saturated carbocycles. The lowest BCUT2D eigenvalue weighted by atomic mass is 10.0. The first-order chi connectivity index (χ1) is 16.7. The molecule has 0 unspecified atom stereocenters. The Bertz CT molecular complexity index is 1080. The zero-order valence-electron chi connectivity index (χ0n) is 19.7. The number of pyridine rings is 1. The number of fused-ring (bicyclic) bond motifs is 1. The molecule has 0 radical (unpaired) electrons. The molecule has 8 heteroatoms. The van der Waals surface area contributed by atoms with Crippen LogP contribution < -0.4 is 9.64 Å². The molecule has 34 heavy (non-hydrogen) atoms. The fourth-order valence-electron chi connectivity index (χ4n) is 4.77. The Balaban J connectivity index is 1.42. The third-order valence-electron chi connectivity index (χ3n) is 6.66. The predicted octanol–water partition coefficient (Wildman–Crippen LogP) is 2.22. The summed E-state index contributed by atoms with van der Waals surface area (Å²) in [4.78, 5) is 21.7. The van der Waals surface area contributed by atoms with E-state index in [-0.39, 0.29) is 6.61 Å². The van der Waals surface area contributed by atoms with Crippen molar-refractivity contribution in [3.63, 3.8) is 0 Å². The van der Waals surface area contributed by atoms with Crippen molar-refractivity contribution >= 4 is 5.82 Å². The Labute approximate surface area is 200 Å². The number of anilines is 1. The van der Waals surface area contributed by atoms with E-state index in [1.807, 2.05) is 30.3 Å². The van der Waals surface area contributed by atoms with Crippen molar-refractivity contribution in [3.05, 3.63) is 65.5 Å². The molecule has 2 aromatic heterocycles. The van der Waals surface area contributed by atoms with E-state index in [4.69, 9.17) is 14.7 Å². The van der Waals surface area contributed by atoms with Crippen molar-refractivity contribution in [1.82, 2.24) is 24.8 Å². The molecule has 0 amide bonds. The molecule has 1 N–H and O–H groups in total. The first-order valence-electron chi connectivity index (χ1n) is 12.0. The molecule has 0 bridgehead atoms. The van der Waals surface area contributed by atoms with Gasteiger partial charge in [0.15, 0.2) is 5.82 Å². The van der Waals surface area contributed by atoms with Crippen LogP contribution in [-0.2, 0) is 19.5 Å². The van der Waals surface area contributed by atoms with Gasteiger partial charge < -0.3 is 14.7 Å². The standard InChI is InChI=1S/C26H32N6O2/c1-34-21-7-5-20(6-8-21)18-31-11-9-23-22(19-31)26(32-14-12-30(13-15-32)16-17-33)29-25(28-23)24-4-2-3-10-27-24/h2-8,10,33H,9,11-19H2,1H3. The van der Waals surface area contributed by atoms with Gasteiger partial charge in [-0.2, -0.15) is 0 Å². The lowest BCUT2D eigenvalue weighted by Gasteiger charge is -2.38. The van der Waals surface area contributed by atoms with Gasteiger partial charge in [-0.1, -0.05) is 18.2 Å². The molecular formula is C26H32N6O2. The van der Waals surface area contributed by atoms with E-state index in [2.05, 4.69) is 31.8 Å². The zero-order valence-corrected chi connectivity index (χ0v) is 19.7. The summed E-state index contributed by atoms with van der Waals surface area (Å²) in [6.45, 7) is 7.24. The van der Waals surface area contributed by atoms with Gasteiger partial charge in [0.2, 0.25) is 0 Å². The summed E-state index contributed by atoms with van der Waals surface area (Å²) in [5, 5.41) is 9.31. The van der Waals surface area contributed by atoms with Crippen molar-refractivity contribution in [2.75, 3.05) is 57.9 Å². The number of benzene rings is 1. The van der Waals surface area contributed by atoms with E-state index >= 15 is 0 Å². The normalized spacial score (nSPS) is 16.9. The van der Waals surface area contributed by atoms with Crippen LogP contribution in [-0.4, -0.2) is 82.8 Å². The molecule has 0 aliphatic carbocycles. The van der Waals surface area contributed by atoms with Gasteiger partial charge in [-0.25, -0.2) is 9.97 Å². The molecule has 2 aliphatic heterocycles. The summed E-state index contributed by atoms with van der Waals surface area (Å²) in [7, 11) is 1.70. The molecule has 3 aromatic rings. The second kappa shape index (κ2) is 10.5. The Morgan fingerprint density at radius 2 is 1.76 bits per heavy atom. The van der Waals surface area contributed by atoms with Crippen LogP contribution in [0, 0.1) is 0 Å². The molecule has 4 heterocycles. The molecule has 1 fully saturated rings. The summed E-state index contributed by atoms with van der Waals surface area (Å²) in [5.41, 5.74) is 4.45. The number of β-amino-alcohol motifs (C(OH)–C–C–N with tert-alkyl or cyclic N) is 1. The number of rotatable bonds is 7. The van der Waals surface area contributed by atoms with Gasteiger partial charge in [0.25, 0.3) is 0 Å². The van der Waals surface area contributed by atoms with Gasteiger partial charge in [0.1, 0.15) is 17.3 Å². The Kier molecular flexibility index (Phi) is 6.99. The number of aliphatic hydroxyl groups excluding tert-OH is 1. The number of methoxy groups -OCH3 is 1. The fraction of sp³-hybridized carbons (Fsp3) is 0.423. The van der Waals surface area contributed by atoms with Gasteiger partial charge in [0, 0.05) is 70.5 Å². The Morgan fingerprint density at radius 3 is 2.47 bits per heavy atom. The second-order valence-corrected chi connectivity index (χ2v) is 8.87. The Morgan fingerprint density at radius 1 is 0.941 bits per heavy atom. The van der Waals surface area contributed by atoms with Crippen LogP contribution in [0.5, 0.6) is 5.75 Å². The summed E-state index contributed by atoms with van der Waals surface area (Å²) < 4.78 is 5.30. The van der Waals surface area contributed by atoms with E-state index in [9.17, 15) is 5.11 Å². The molecular weight excluding hydrogens is 428 g/mol. The summed E-state index contributed by atoms with van der Waals surface area (Å²) in [5.74, 6) is 2.62. The van der Waals surface area contributed by atoms with E-state index < -0.39 is 0 Å². The molecule has 178 valence electrons. The first kappa shape index (κ1) is 22.7. The van der Waals surface area contributed by atoms with E-state index in [1.165, 1.54) is 11.1 Å². The first-order valence-corrected chi connectivity index (χ1v) is 12.0. The summed E-state index contributed by atoms with van der Waals surface area (Å²) in [6.07, 6.45) is 2.69. The number of hydrogen-bond acceptors (Lipinski definition) is 8. The minimum absolute atomic E-state index is 0.201. The SMILES string of the molecule is COc1ccc(CN2CCc3nc(-c4ccccn4)nc(N4CCN(CCO)CC4)c3C2)cc1. The lowest BCUT2D eigenvalue weighted by molar-refractivity contribution is 0.188. The molecule has 5 rings (SSSR count). The van der Waals surface area contributed by atoms with Gasteiger partial charge in [-0.3, -0.25) is 14.8 Å². The van der Waals surface area contributed by atoms with Crippen LogP contribution in [0.25, 0.3) is 11.5 Å². The van der Waals surface area contributed by atoms with Crippen LogP contribution in [0.3, 0.4) is 0 Å². The number of aliphatic hydroxyl groups is 1. The molecule has 1 aromatic carbocycles. The van der Waals surface area contributed by atoms with Crippen LogP contribution in [0.15, 0.2) is 48.7 Å². The highest BCUT2D eigenvalue weighted by Gasteiger charge is 2.27. The van der Waals surface area contributed by atoms with Crippen LogP contribution in [0.2, 0.25) is 0 Å². The average molecular weight is 461 g/mol. The van der Waals surface area contributed by atoms with Crippen LogP contribution in [0.1, 0.15) is 16.8 Å². The minimum Gasteiger partial charge on any atom is -0.497 e. The van der Waals surface area contributed by atoms with Crippen LogP contribution in [0.4, 0.5) is 5.82 Å². The van der Waals surface area contributed by atoms with E-state index in [0.717, 1.165) is 81.7 Å². The second-order valence-electron chi connectivity index (χ2n) is 8.87. The molecule has 0 atom stereocenters. The average Bonchev–Trinajstić information content (AvgIpc) is 2.90. The number of aromatic nitrogens is 3. The van der Waals surface area contributed by atoms with Gasteiger partial charge in [-0.05, 0) is 29.8 Å². The molecule has 0 spiro atoms. The quantitative estimate of drug-likeness (QED) is 0.575. The van der Waals surface area contributed by atoms with Gasteiger partial charge >= 0.3 is 0 Å². The third-order valence-corrected chi connectivity index (χ3v) is 6.66. The maximum absolute atomic E-state index is 9.31.